The van der Waals surface area contributed by atoms with Crippen molar-refractivity contribution in [1.82, 2.24) is 0 Å². The molecular weight excluding hydrogens is 188 g/mol. The van der Waals surface area contributed by atoms with Crippen LogP contribution in [-0.4, -0.2) is 16.8 Å². The van der Waals surface area contributed by atoms with Gasteiger partial charge in [-0.05, 0) is 6.07 Å². The molecule has 0 unspecified atom stereocenters. The fraction of sp³-hybridized carbons (Fsp3) is 0.143. The van der Waals surface area contributed by atoms with Crippen molar-refractivity contribution >= 4 is 11.4 Å². The van der Waals surface area contributed by atoms with Gasteiger partial charge in [0.05, 0.1) is 10.1 Å². The Bertz CT molecular complexity index is 373. The summed E-state index contributed by atoms with van der Waals surface area (Å²) in [5.74, 6) is 0. The Labute approximate surface area is 79.4 Å². The van der Waals surface area contributed by atoms with Gasteiger partial charge in [0.25, 0.3) is 0 Å². The monoisotopic (exact) mass is 196 g/mol. The van der Waals surface area contributed by atoms with Crippen molar-refractivity contribution in [3.63, 3.8) is 0 Å². The highest BCUT2D eigenvalue weighted by molar-refractivity contribution is 5.60. The molecule has 0 bridgehead atoms. The van der Waals surface area contributed by atoms with Gasteiger partial charge in [-0.3, -0.25) is 10.1 Å². The quantitative estimate of drug-likeness (QED) is 0.343. The highest BCUT2D eigenvalue weighted by atomic mass is 16.6. The van der Waals surface area contributed by atoms with Crippen molar-refractivity contribution in [3.8, 4) is 0 Å². The van der Waals surface area contributed by atoms with Crippen LogP contribution >= 0.6 is 0 Å². The number of hydrogen-bond donors (Lipinski definition) is 1. The highest BCUT2D eigenvalue weighted by Gasteiger charge is 2.14. The minimum Gasteiger partial charge on any atom is -0.696 e. The molecule has 0 heterocycles. The van der Waals surface area contributed by atoms with E-state index in [9.17, 15) is 15.3 Å². The van der Waals surface area contributed by atoms with Crippen molar-refractivity contribution < 1.29 is 9.78 Å². The first-order valence-electron chi connectivity index (χ1n) is 3.72. The number of nitrogens with zero attached hydrogens (tertiary/aromatic N) is 3. The largest absolute Gasteiger partial charge is 0.696 e. The van der Waals surface area contributed by atoms with Gasteiger partial charge in [-0.15, -0.1) is 5.43 Å². The van der Waals surface area contributed by atoms with E-state index in [1.165, 1.54) is 25.2 Å². The molecule has 0 atom stereocenters. The van der Waals surface area contributed by atoms with Crippen LogP contribution in [0.4, 0.5) is 11.4 Å². The molecule has 0 saturated heterocycles. The molecule has 0 spiro atoms. The number of anilines is 1. The molecule has 0 aliphatic rings. The molecule has 0 aliphatic heterocycles. The molecule has 0 amide bonds. The first kappa shape index (κ1) is 9.90. The molecule has 0 fully saturated rings. The van der Waals surface area contributed by atoms with E-state index < -0.39 is 4.92 Å². The number of nitrogens with one attached hydrogen (secondary N) is 1. The number of hydroxylamine groups is 1. The maximum absolute atomic E-state index is 10.5. The van der Waals surface area contributed by atoms with Gasteiger partial charge in [-0.1, -0.05) is 12.1 Å². The zero-order chi connectivity index (χ0) is 10.6. The molecule has 1 N–H and O–H groups in total. The van der Waals surface area contributed by atoms with E-state index in [1.54, 1.807) is 6.07 Å². The van der Waals surface area contributed by atoms with Crippen LogP contribution in [0.25, 0.3) is 0 Å². The second-order valence-corrected chi connectivity index (χ2v) is 2.45. The summed E-state index contributed by atoms with van der Waals surface area (Å²) >= 11 is 0. The molecule has 0 aromatic heterocycles. The van der Waals surface area contributed by atoms with Crippen molar-refractivity contribution in [2.45, 2.75) is 0 Å². The summed E-state index contributed by atoms with van der Waals surface area (Å²) in [6.07, 6.45) is 0. The van der Waals surface area contributed by atoms with E-state index in [1.807, 2.05) is 0 Å². The summed E-state index contributed by atoms with van der Waals surface area (Å²) < 4.78 is 0. The normalized spacial score (nSPS) is 11.1. The molecule has 1 aromatic carbocycles. The Kier molecular flexibility index (Phi) is 2.95. The van der Waals surface area contributed by atoms with E-state index in [2.05, 4.69) is 10.6 Å². The van der Waals surface area contributed by atoms with Gasteiger partial charge in [0, 0.05) is 6.07 Å². The standard InChI is InChI=1S/C7H8N4O3/c1-10(12)9-8-6-4-2-3-5-7(6)11(13)14/h2-5,8H,1H3/b10-9+. The Balaban J connectivity index is 2.96. The third-order valence-electron chi connectivity index (χ3n) is 1.41. The van der Waals surface area contributed by atoms with Crippen LogP contribution < -0.4 is 5.43 Å². The lowest BCUT2D eigenvalue weighted by atomic mass is 10.3. The first-order chi connectivity index (χ1) is 6.61. The van der Waals surface area contributed by atoms with E-state index in [0.29, 0.717) is 0 Å². The minimum atomic E-state index is -0.553. The second kappa shape index (κ2) is 4.17. The van der Waals surface area contributed by atoms with Gasteiger partial charge >= 0.3 is 5.69 Å². The van der Waals surface area contributed by atoms with Crippen LogP contribution in [0.5, 0.6) is 0 Å². The van der Waals surface area contributed by atoms with E-state index in [-0.39, 0.29) is 16.2 Å². The van der Waals surface area contributed by atoms with Gasteiger partial charge < -0.3 is 5.21 Å². The van der Waals surface area contributed by atoms with Gasteiger partial charge in [0.1, 0.15) is 7.05 Å². The van der Waals surface area contributed by atoms with Crippen molar-refractivity contribution in [1.29, 1.82) is 0 Å². The number of para-hydroxylation sites is 2. The van der Waals surface area contributed by atoms with Gasteiger partial charge in [-0.25, -0.2) is 0 Å². The van der Waals surface area contributed by atoms with Gasteiger partial charge in [0.2, 0.25) is 5.69 Å². The summed E-state index contributed by atoms with van der Waals surface area (Å²) in [5, 5.41) is 24.2. The Morgan fingerprint density at radius 2 is 2.00 bits per heavy atom. The number of hydrogen-bond acceptors (Lipinski definition) is 4. The lowest BCUT2D eigenvalue weighted by Crippen LogP contribution is -1.99. The topological polar surface area (TPSA) is 93.6 Å². The fourth-order valence-electron chi connectivity index (χ4n) is 0.852. The lowest BCUT2D eigenvalue weighted by molar-refractivity contribution is -0.497. The third-order valence-corrected chi connectivity index (χ3v) is 1.41. The third kappa shape index (κ3) is 2.41. The van der Waals surface area contributed by atoms with Crippen molar-refractivity contribution in [3.05, 3.63) is 39.6 Å². The van der Waals surface area contributed by atoms with Crippen LogP contribution in [0, 0.1) is 15.3 Å². The average molecular weight is 196 g/mol. The predicted octanol–water partition coefficient (Wildman–Crippen LogP) is 1.51. The summed E-state index contributed by atoms with van der Waals surface area (Å²) in [4.78, 5) is 10.2. The maximum Gasteiger partial charge on any atom is 0.317 e. The summed E-state index contributed by atoms with van der Waals surface area (Å²) in [7, 11) is 1.17. The zero-order valence-corrected chi connectivity index (χ0v) is 7.38. The maximum atomic E-state index is 10.5. The summed E-state index contributed by atoms with van der Waals surface area (Å²) in [6, 6.07) is 5.92. The molecule has 1 rings (SSSR count). The number of nitro groups is 1. The Hall–Kier alpha value is -2.18. The SMILES string of the molecule is C/[N+]([O-])=N\Nc1ccccc1[N+](=O)[O-]. The van der Waals surface area contributed by atoms with E-state index in [0.717, 1.165) is 0 Å². The number of rotatable bonds is 3. The molecule has 0 aliphatic carbocycles. The summed E-state index contributed by atoms with van der Waals surface area (Å²) in [6.45, 7) is 0. The zero-order valence-electron chi connectivity index (χ0n) is 7.38. The smallest absolute Gasteiger partial charge is 0.317 e. The van der Waals surface area contributed by atoms with Crippen molar-refractivity contribution in [2.75, 3.05) is 12.5 Å². The van der Waals surface area contributed by atoms with E-state index in [4.69, 9.17) is 0 Å². The Morgan fingerprint density at radius 1 is 1.36 bits per heavy atom. The highest BCUT2D eigenvalue weighted by Crippen LogP contribution is 2.22. The molecule has 7 heteroatoms. The van der Waals surface area contributed by atoms with Gasteiger partial charge in [-0.2, -0.15) is 4.86 Å². The molecule has 7 nitrogen and oxygen atoms in total. The van der Waals surface area contributed by atoms with E-state index >= 15 is 0 Å². The molecule has 1 aromatic rings. The summed E-state index contributed by atoms with van der Waals surface area (Å²) in [5.41, 5.74) is 2.34. The van der Waals surface area contributed by atoms with Gasteiger partial charge in [0.15, 0.2) is 0 Å². The molecule has 0 radical (unpaired) electrons. The lowest BCUT2D eigenvalue weighted by Gasteiger charge is -1.98. The molecule has 0 saturated carbocycles. The molecule has 14 heavy (non-hydrogen) atoms. The number of nitro benzene ring substituents is 1. The fourth-order valence-corrected chi connectivity index (χ4v) is 0.852. The second-order valence-electron chi connectivity index (χ2n) is 2.45. The average Bonchev–Trinajstić information content (AvgIpc) is 2.15. The van der Waals surface area contributed by atoms with Crippen LogP contribution in [0.3, 0.4) is 0 Å². The van der Waals surface area contributed by atoms with Crippen LogP contribution in [0.2, 0.25) is 0 Å². The van der Waals surface area contributed by atoms with Crippen LogP contribution in [-0.2, 0) is 0 Å². The van der Waals surface area contributed by atoms with Crippen LogP contribution in [0.1, 0.15) is 0 Å². The Morgan fingerprint density at radius 3 is 2.57 bits per heavy atom. The number of benzene rings is 1. The molecular formula is C7H8N4O3. The van der Waals surface area contributed by atoms with Crippen molar-refractivity contribution in [2.24, 2.45) is 5.22 Å². The minimum absolute atomic E-state index is 0.127. The predicted molar refractivity (Wildman–Crippen MR) is 48.7 cm³/mol. The van der Waals surface area contributed by atoms with Crippen LogP contribution in [0.15, 0.2) is 29.5 Å². The first-order valence-corrected chi connectivity index (χ1v) is 3.72. The molecule has 74 valence electrons.